The molecule has 2 N–H and O–H groups in total. The van der Waals surface area contributed by atoms with Gasteiger partial charge in [-0.25, -0.2) is 0 Å². The second kappa shape index (κ2) is 8.41. The van der Waals surface area contributed by atoms with Crippen molar-refractivity contribution in [3.63, 3.8) is 0 Å². The minimum absolute atomic E-state index is 0.00179. The Labute approximate surface area is 132 Å². The van der Waals surface area contributed by atoms with Crippen LogP contribution in [0.15, 0.2) is 24.3 Å². The van der Waals surface area contributed by atoms with Crippen LogP contribution in [0.1, 0.15) is 39.2 Å². The van der Waals surface area contributed by atoms with Crippen molar-refractivity contribution in [2.75, 3.05) is 13.7 Å². The number of rotatable bonds is 7. The van der Waals surface area contributed by atoms with Crippen LogP contribution in [0, 0.1) is 5.41 Å². The first-order valence-corrected chi connectivity index (χ1v) is 7.51. The topological polar surface area (TPSA) is 67.4 Å². The second-order valence-corrected chi connectivity index (χ2v) is 6.20. The first-order chi connectivity index (χ1) is 10.3. The van der Waals surface area contributed by atoms with Gasteiger partial charge in [0.25, 0.3) is 0 Å². The number of para-hydroxylation sites is 1. The molecule has 0 aliphatic carbocycles. The van der Waals surface area contributed by atoms with E-state index >= 15 is 0 Å². The van der Waals surface area contributed by atoms with Gasteiger partial charge in [0.05, 0.1) is 7.11 Å². The molecule has 5 nitrogen and oxygen atoms in total. The van der Waals surface area contributed by atoms with Crippen LogP contribution in [-0.2, 0) is 16.1 Å². The Morgan fingerprint density at radius 3 is 2.45 bits per heavy atom. The summed E-state index contributed by atoms with van der Waals surface area (Å²) in [4.78, 5) is 23.5. The Balaban J connectivity index is 2.26. The molecule has 0 unspecified atom stereocenters. The first kappa shape index (κ1) is 18.0. The Morgan fingerprint density at radius 1 is 1.14 bits per heavy atom. The third kappa shape index (κ3) is 6.16. The monoisotopic (exact) mass is 306 g/mol. The van der Waals surface area contributed by atoms with Crippen LogP contribution in [0.3, 0.4) is 0 Å². The van der Waals surface area contributed by atoms with E-state index in [1.165, 1.54) is 0 Å². The van der Waals surface area contributed by atoms with E-state index in [0.717, 1.165) is 11.3 Å². The molecule has 2 amide bonds. The third-order valence-corrected chi connectivity index (χ3v) is 3.22. The quantitative estimate of drug-likeness (QED) is 0.759. The van der Waals surface area contributed by atoms with Crippen molar-refractivity contribution in [3.05, 3.63) is 29.8 Å². The second-order valence-electron chi connectivity index (χ2n) is 6.20. The highest BCUT2D eigenvalue weighted by Gasteiger charge is 2.20. The van der Waals surface area contributed by atoms with Gasteiger partial charge in [-0.1, -0.05) is 39.0 Å². The summed E-state index contributed by atoms with van der Waals surface area (Å²) in [5.41, 5.74) is 0.547. The SMILES string of the molecule is COc1ccccc1CNC(=O)CCCNC(=O)C(C)(C)C. The van der Waals surface area contributed by atoms with Crippen molar-refractivity contribution in [1.29, 1.82) is 0 Å². The van der Waals surface area contributed by atoms with Crippen LogP contribution < -0.4 is 15.4 Å². The molecule has 22 heavy (non-hydrogen) atoms. The van der Waals surface area contributed by atoms with Gasteiger partial charge in [-0.3, -0.25) is 9.59 Å². The van der Waals surface area contributed by atoms with Crippen LogP contribution in [-0.4, -0.2) is 25.5 Å². The standard InChI is InChI=1S/C17H26N2O3/c1-17(2,3)16(21)18-11-7-10-15(20)19-12-13-8-5-6-9-14(13)22-4/h5-6,8-9H,7,10-12H2,1-4H3,(H,18,21)(H,19,20). The van der Waals surface area contributed by atoms with E-state index in [9.17, 15) is 9.59 Å². The minimum atomic E-state index is -0.397. The van der Waals surface area contributed by atoms with Gasteiger partial charge < -0.3 is 15.4 Å². The van der Waals surface area contributed by atoms with Gasteiger partial charge in [0, 0.05) is 30.5 Å². The molecule has 0 spiro atoms. The fraction of sp³-hybridized carbons (Fsp3) is 0.529. The molecule has 0 radical (unpaired) electrons. The summed E-state index contributed by atoms with van der Waals surface area (Å²) < 4.78 is 5.24. The Kier molecular flexibility index (Phi) is 6.89. The number of benzene rings is 1. The first-order valence-electron chi connectivity index (χ1n) is 7.51. The number of amides is 2. The zero-order chi connectivity index (χ0) is 16.6. The highest BCUT2D eigenvalue weighted by molar-refractivity contribution is 5.81. The summed E-state index contributed by atoms with van der Waals surface area (Å²) in [6, 6.07) is 7.58. The molecule has 0 saturated carbocycles. The van der Waals surface area contributed by atoms with Crippen molar-refractivity contribution in [2.45, 2.75) is 40.2 Å². The zero-order valence-corrected chi connectivity index (χ0v) is 13.9. The number of nitrogens with one attached hydrogen (secondary N) is 2. The molecule has 0 atom stereocenters. The predicted molar refractivity (Wildman–Crippen MR) is 86.5 cm³/mol. The van der Waals surface area contributed by atoms with E-state index in [4.69, 9.17) is 4.74 Å². The number of hydrogen-bond acceptors (Lipinski definition) is 3. The minimum Gasteiger partial charge on any atom is -0.496 e. The fourth-order valence-electron chi connectivity index (χ4n) is 1.85. The zero-order valence-electron chi connectivity index (χ0n) is 13.9. The summed E-state index contributed by atoms with van der Waals surface area (Å²) in [5, 5.41) is 5.69. The molecule has 5 heteroatoms. The molecular formula is C17H26N2O3. The molecule has 0 heterocycles. The van der Waals surface area contributed by atoms with E-state index < -0.39 is 5.41 Å². The largest absolute Gasteiger partial charge is 0.496 e. The highest BCUT2D eigenvalue weighted by Crippen LogP contribution is 2.16. The fourth-order valence-corrected chi connectivity index (χ4v) is 1.85. The van der Waals surface area contributed by atoms with E-state index in [0.29, 0.717) is 25.9 Å². The van der Waals surface area contributed by atoms with Crippen molar-refractivity contribution < 1.29 is 14.3 Å². The summed E-state index contributed by atoms with van der Waals surface area (Å²) in [6.45, 7) is 6.54. The van der Waals surface area contributed by atoms with Crippen molar-refractivity contribution in [2.24, 2.45) is 5.41 Å². The molecule has 122 valence electrons. The van der Waals surface area contributed by atoms with Crippen LogP contribution in [0.25, 0.3) is 0 Å². The van der Waals surface area contributed by atoms with Crippen LogP contribution in [0.4, 0.5) is 0 Å². The Bertz CT molecular complexity index is 507. The molecule has 1 aromatic carbocycles. The van der Waals surface area contributed by atoms with E-state index in [2.05, 4.69) is 10.6 Å². The van der Waals surface area contributed by atoms with Crippen LogP contribution >= 0.6 is 0 Å². The van der Waals surface area contributed by atoms with Gasteiger partial charge in [-0.2, -0.15) is 0 Å². The van der Waals surface area contributed by atoms with E-state index in [1.54, 1.807) is 7.11 Å². The molecule has 0 aliphatic rings. The number of carbonyl (C=O) groups excluding carboxylic acids is 2. The summed E-state index contributed by atoms with van der Waals surface area (Å²) in [5.74, 6) is 0.734. The molecule has 0 saturated heterocycles. The van der Waals surface area contributed by atoms with Crippen molar-refractivity contribution >= 4 is 11.8 Å². The molecule has 1 rings (SSSR count). The highest BCUT2D eigenvalue weighted by atomic mass is 16.5. The van der Waals surface area contributed by atoms with Gasteiger partial charge in [0.1, 0.15) is 5.75 Å². The lowest BCUT2D eigenvalue weighted by Crippen LogP contribution is -2.35. The molecule has 0 aliphatic heterocycles. The maximum Gasteiger partial charge on any atom is 0.225 e. The molecule has 0 bridgehead atoms. The van der Waals surface area contributed by atoms with Gasteiger partial charge in [-0.05, 0) is 12.5 Å². The van der Waals surface area contributed by atoms with Crippen LogP contribution in [0.2, 0.25) is 0 Å². The van der Waals surface area contributed by atoms with Gasteiger partial charge in [0.2, 0.25) is 11.8 Å². The lowest BCUT2D eigenvalue weighted by atomic mass is 9.96. The average Bonchev–Trinajstić information content (AvgIpc) is 2.48. The lowest BCUT2D eigenvalue weighted by molar-refractivity contribution is -0.128. The number of carbonyl (C=O) groups is 2. The number of ether oxygens (including phenoxy) is 1. The van der Waals surface area contributed by atoms with Gasteiger partial charge in [-0.15, -0.1) is 0 Å². The Morgan fingerprint density at radius 2 is 1.82 bits per heavy atom. The third-order valence-electron chi connectivity index (χ3n) is 3.22. The summed E-state index contributed by atoms with van der Waals surface area (Å²) >= 11 is 0. The number of hydrogen-bond donors (Lipinski definition) is 2. The maximum absolute atomic E-state index is 11.8. The van der Waals surface area contributed by atoms with Gasteiger partial charge in [0.15, 0.2) is 0 Å². The lowest BCUT2D eigenvalue weighted by Gasteiger charge is -2.17. The van der Waals surface area contributed by atoms with E-state index in [1.807, 2.05) is 45.0 Å². The van der Waals surface area contributed by atoms with Crippen LogP contribution in [0.5, 0.6) is 5.75 Å². The molecular weight excluding hydrogens is 280 g/mol. The summed E-state index contributed by atoms with van der Waals surface area (Å²) in [7, 11) is 1.61. The Hall–Kier alpha value is -2.04. The summed E-state index contributed by atoms with van der Waals surface area (Å²) in [6.07, 6.45) is 1.01. The molecule has 1 aromatic rings. The predicted octanol–water partition coefficient (Wildman–Crippen LogP) is 2.25. The van der Waals surface area contributed by atoms with Crippen molar-refractivity contribution in [1.82, 2.24) is 10.6 Å². The van der Waals surface area contributed by atoms with Gasteiger partial charge >= 0.3 is 0 Å². The maximum atomic E-state index is 11.8. The molecule has 0 fully saturated rings. The van der Waals surface area contributed by atoms with E-state index in [-0.39, 0.29) is 11.8 Å². The number of methoxy groups -OCH3 is 1. The average molecular weight is 306 g/mol. The normalized spacial score (nSPS) is 10.9. The smallest absolute Gasteiger partial charge is 0.225 e. The molecule has 0 aromatic heterocycles. The van der Waals surface area contributed by atoms with Crippen molar-refractivity contribution in [3.8, 4) is 5.75 Å².